The Kier molecular flexibility index (Phi) is 4.58. The van der Waals surface area contributed by atoms with Crippen molar-refractivity contribution in [2.45, 2.75) is 24.2 Å². The normalized spacial score (nSPS) is 20.3. The first kappa shape index (κ1) is 14.1. The monoisotopic (exact) mass is 325 g/mol. The maximum Gasteiger partial charge on any atom is 0.244 e. The second-order valence-corrected chi connectivity index (χ2v) is 5.46. The summed E-state index contributed by atoms with van der Waals surface area (Å²) in [6.45, 7) is 1.15. The van der Waals surface area contributed by atoms with Crippen LogP contribution >= 0.6 is 15.9 Å². The predicted molar refractivity (Wildman–Crippen MR) is 75.4 cm³/mol. The summed E-state index contributed by atoms with van der Waals surface area (Å²) in [6, 6.07) is 7.60. The molecule has 1 aromatic carbocycles. The van der Waals surface area contributed by atoms with Crippen molar-refractivity contribution in [3.8, 4) is 5.75 Å². The van der Waals surface area contributed by atoms with E-state index >= 15 is 0 Å². The summed E-state index contributed by atoms with van der Waals surface area (Å²) in [7, 11) is 1.62. The van der Waals surface area contributed by atoms with E-state index in [1.807, 2.05) is 24.3 Å². The lowest BCUT2D eigenvalue weighted by Crippen LogP contribution is -2.37. The minimum atomic E-state index is -0.687. The summed E-state index contributed by atoms with van der Waals surface area (Å²) in [5.41, 5.74) is 1.03. The van der Waals surface area contributed by atoms with Crippen molar-refractivity contribution in [1.82, 2.24) is 4.90 Å². The molecule has 19 heavy (non-hydrogen) atoms. The summed E-state index contributed by atoms with van der Waals surface area (Å²) in [6.07, 6.45) is 1.18. The minimum absolute atomic E-state index is 0.0257. The topological polar surface area (TPSA) is 46.6 Å². The van der Waals surface area contributed by atoms with Crippen LogP contribution in [0.25, 0.3) is 0 Å². The number of carbonyl (C=O) groups excluding carboxylic acids is 2. The molecule has 1 aliphatic heterocycles. The van der Waals surface area contributed by atoms with E-state index in [0.717, 1.165) is 17.7 Å². The molecule has 1 aliphatic rings. The molecule has 0 unspecified atom stereocenters. The summed E-state index contributed by atoms with van der Waals surface area (Å²) in [5.74, 6) is 0.625. The van der Waals surface area contributed by atoms with Crippen molar-refractivity contribution in [3.05, 3.63) is 29.8 Å². The molecule has 1 heterocycles. The lowest BCUT2D eigenvalue weighted by atomic mass is 10.2. The van der Waals surface area contributed by atoms with Gasteiger partial charge >= 0.3 is 0 Å². The molecule has 0 bridgehead atoms. The Bertz CT molecular complexity index is 472. The van der Waals surface area contributed by atoms with E-state index in [2.05, 4.69) is 15.9 Å². The van der Waals surface area contributed by atoms with E-state index in [1.165, 1.54) is 0 Å². The highest BCUT2D eigenvalue weighted by Gasteiger charge is 2.30. The molecule has 1 aromatic rings. The lowest BCUT2D eigenvalue weighted by Gasteiger charge is -2.21. The summed E-state index contributed by atoms with van der Waals surface area (Å²) < 4.78 is 5.10. The van der Waals surface area contributed by atoms with E-state index in [0.29, 0.717) is 19.5 Å². The molecule has 1 saturated heterocycles. The van der Waals surface area contributed by atoms with E-state index in [4.69, 9.17) is 4.74 Å². The van der Waals surface area contributed by atoms with Crippen LogP contribution in [0, 0.1) is 0 Å². The van der Waals surface area contributed by atoms with Crippen LogP contribution in [0.5, 0.6) is 5.75 Å². The molecule has 0 saturated carbocycles. The van der Waals surface area contributed by atoms with Gasteiger partial charge in [-0.15, -0.1) is 0 Å². The number of nitrogens with zero attached hydrogens (tertiary/aromatic N) is 1. The quantitative estimate of drug-likeness (QED) is 0.632. The number of amides is 1. The molecular formula is C14H16BrNO3. The first-order valence-corrected chi connectivity index (χ1v) is 7.12. The third kappa shape index (κ3) is 3.35. The van der Waals surface area contributed by atoms with E-state index in [9.17, 15) is 9.59 Å². The van der Waals surface area contributed by atoms with E-state index < -0.39 is 4.83 Å². The largest absolute Gasteiger partial charge is 0.497 e. The Morgan fingerprint density at radius 1 is 1.32 bits per heavy atom. The number of methoxy groups -OCH3 is 1. The van der Waals surface area contributed by atoms with Crippen molar-refractivity contribution >= 4 is 27.6 Å². The number of ether oxygens (including phenoxy) is 1. The minimum Gasteiger partial charge on any atom is -0.497 e. The zero-order valence-electron chi connectivity index (χ0n) is 10.8. The van der Waals surface area contributed by atoms with Crippen molar-refractivity contribution in [1.29, 1.82) is 0 Å². The molecule has 102 valence electrons. The average molecular weight is 326 g/mol. The molecule has 0 N–H and O–H groups in total. The molecule has 2 rings (SSSR count). The Morgan fingerprint density at radius 3 is 2.63 bits per heavy atom. The van der Waals surface area contributed by atoms with Crippen LogP contribution in [-0.2, 0) is 16.1 Å². The van der Waals surface area contributed by atoms with Gasteiger partial charge in [-0.3, -0.25) is 9.59 Å². The number of Topliss-reactive ketones (excluding diaryl/α,β-unsaturated/α-hetero) is 1. The van der Waals surface area contributed by atoms with Gasteiger partial charge in [0.1, 0.15) is 5.75 Å². The van der Waals surface area contributed by atoms with Gasteiger partial charge in [-0.1, -0.05) is 28.1 Å². The number of hydrogen-bond donors (Lipinski definition) is 0. The number of likely N-dealkylation sites (tertiary alicyclic amines) is 1. The molecular weight excluding hydrogens is 310 g/mol. The van der Waals surface area contributed by atoms with Crippen LogP contribution in [0.1, 0.15) is 18.4 Å². The number of halogens is 1. The zero-order chi connectivity index (χ0) is 13.8. The zero-order valence-corrected chi connectivity index (χ0v) is 12.4. The smallest absolute Gasteiger partial charge is 0.244 e. The Balaban J connectivity index is 2.08. The highest BCUT2D eigenvalue weighted by Crippen LogP contribution is 2.19. The molecule has 1 amide bonds. The first-order chi connectivity index (χ1) is 9.11. The highest BCUT2D eigenvalue weighted by molar-refractivity contribution is 9.10. The third-order valence-electron chi connectivity index (χ3n) is 3.19. The third-order valence-corrected chi connectivity index (χ3v) is 4.10. The average Bonchev–Trinajstić information content (AvgIpc) is 2.55. The number of hydrogen-bond acceptors (Lipinski definition) is 3. The SMILES string of the molecule is COc1ccc(CN2CCCC(=O)[C@@H](Br)C2=O)cc1. The maximum atomic E-state index is 12.1. The van der Waals surface area contributed by atoms with Crippen LogP contribution in [0.15, 0.2) is 24.3 Å². The number of ketones is 1. The second-order valence-electron chi connectivity index (χ2n) is 4.54. The van der Waals surface area contributed by atoms with Crippen LogP contribution in [-0.4, -0.2) is 35.1 Å². The fraction of sp³-hybridized carbons (Fsp3) is 0.429. The number of carbonyl (C=O) groups is 2. The van der Waals surface area contributed by atoms with Gasteiger partial charge in [0.2, 0.25) is 5.91 Å². The fourth-order valence-corrected chi connectivity index (χ4v) is 2.61. The van der Waals surface area contributed by atoms with Gasteiger partial charge in [-0.2, -0.15) is 0 Å². The maximum absolute atomic E-state index is 12.1. The van der Waals surface area contributed by atoms with E-state index in [-0.39, 0.29) is 11.7 Å². The molecule has 4 nitrogen and oxygen atoms in total. The molecule has 1 atom stereocenters. The van der Waals surface area contributed by atoms with Gasteiger partial charge in [0.05, 0.1) is 7.11 Å². The van der Waals surface area contributed by atoms with Crippen LogP contribution in [0.3, 0.4) is 0 Å². The highest BCUT2D eigenvalue weighted by atomic mass is 79.9. The van der Waals surface area contributed by atoms with Crippen LogP contribution < -0.4 is 4.74 Å². The molecule has 1 fully saturated rings. The molecule has 0 spiro atoms. The van der Waals surface area contributed by atoms with Crippen molar-refractivity contribution in [2.24, 2.45) is 0 Å². The van der Waals surface area contributed by atoms with Crippen molar-refractivity contribution < 1.29 is 14.3 Å². The Labute approximate surface area is 120 Å². The van der Waals surface area contributed by atoms with Gasteiger partial charge in [0.15, 0.2) is 10.6 Å². The van der Waals surface area contributed by atoms with Gasteiger partial charge in [-0.05, 0) is 24.1 Å². The molecule has 0 aromatic heterocycles. The standard InChI is InChI=1S/C14H16BrNO3/c1-19-11-6-4-10(5-7-11)9-16-8-2-3-12(17)13(15)14(16)18/h4-7,13H,2-3,8-9H2,1H3/t13-/m1/s1. The number of rotatable bonds is 3. The number of benzene rings is 1. The second kappa shape index (κ2) is 6.19. The van der Waals surface area contributed by atoms with Gasteiger partial charge in [0, 0.05) is 19.5 Å². The van der Waals surface area contributed by atoms with Gasteiger partial charge in [0.25, 0.3) is 0 Å². The molecule has 0 radical (unpaired) electrons. The van der Waals surface area contributed by atoms with Gasteiger partial charge < -0.3 is 9.64 Å². The Hall–Kier alpha value is -1.36. The summed E-state index contributed by atoms with van der Waals surface area (Å²) in [4.78, 5) is 24.8. The van der Waals surface area contributed by atoms with Gasteiger partial charge in [-0.25, -0.2) is 0 Å². The summed E-state index contributed by atoms with van der Waals surface area (Å²) >= 11 is 3.18. The fourth-order valence-electron chi connectivity index (χ4n) is 2.09. The summed E-state index contributed by atoms with van der Waals surface area (Å²) in [5, 5.41) is 0. The van der Waals surface area contributed by atoms with Crippen LogP contribution in [0.4, 0.5) is 0 Å². The predicted octanol–water partition coefficient (Wildman–Crippen LogP) is 2.15. The molecule has 0 aliphatic carbocycles. The Morgan fingerprint density at radius 2 is 2.00 bits per heavy atom. The number of alkyl halides is 1. The van der Waals surface area contributed by atoms with Crippen LogP contribution in [0.2, 0.25) is 0 Å². The van der Waals surface area contributed by atoms with E-state index in [1.54, 1.807) is 12.0 Å². The van der Waals surface area contributed by atoms with Crippen molar-refractivity contribution in [3.63, 3.8) is 0 Å². The molecule has 5 heteroatoms. The lowest BCUT2D eigenvalue weighted by molar-refractivity contribution is -0.133. The van der Waals surface area contributed by atoms with Crippen molar-refractivity contribution in [2.75, 3.05) is 13.7 Å². The first-order valence-electron chi connectivity index (χ1n) is 6.20.